The van der Waals surface area contributed by atoms with Crippen LogP contribution in [0.3, 0.4) is 0 Å². The molecule has 24 heavy (non-hydrogen) atoms. The summed E-state index contributed by atoms with van der Waals surface area (Å²) in [6.07, 6.45) is 1.82. The van der Waals surface area contributed by atoms with Crippen molar-refractivity contribution in [3.63, 3.8) is 0 Å². The average Bonchev–Trinajstić information content (AvgIpc) is 3.08. The van der Waals surface area contributed by atoms with Crippen LogP contribution in [0.1, 0.15) is 28.8 Å². The summed E-state index contributed by atoms with van der Waals surface area (Å²) < 4.78 is 0. The van der Waals surface area contributed by atoms with Crippen LogP contribution in [0.5, 0.6) is 0 Å². The van der Waals surface area contributed by atoms with Crippen molar-refractivity contribution < 1.29 is 9.59 Å². The van der Waals surface area contributed by atoms with Gasteiger partial charge in [0.15, 0.2) is 0 Å². The van der Waals surface area contributed by atoms with Crippen molar-refractivity contribution in [1.82, 2.24) is 10.6 Å². The molecule has 2 rings (SSSR count). The number of rotatable bonds is 8. The Balaban J connectivity index is 0.00000288. The summed E-state index contributed by atoms with van der Waals surface area (Å²) in [7, 11) is 0. The second-order valence-corrected chi connectivity index (χ2v) is 5.99. The number of halogens is 1. The maximum absolute atomic E-state index is 11.7. The molecular weight excluding hydrogens is 346 g/mol. The molecule has 130 valence electrons. The fraction of sp³-hybridized carbons (Fsp3) is 0.294. The summed E-state index contributed by atoms with van der Waals surface area (Å²) in [5.41, 5.74) is 8.17. The number of nitrogen functional groups attached to an aromatic ring is 1. The predicted molar refractivity (Wildman–Crippen MR) is 101 cm³/mol. The quantitative estimate of drug-likeness (QED) is 0.495. The summed E-state index contributed by atoms with van der Waals surface area (Å²) in [5, 5.41) is 9.35. The SMILES string of the molecule is Cl.Nc1ccc(CCNC(=O)CCCNC(=O)c2ccsc2)cc1. The summed E-state index contributed by atoms with van der Waals surface area (Å²) in [6, 6.07) is 9.41. The lowest BCUT2D eigenvalue weighted by molar-refractivity contribution is -0.121. The Bertz CT molecular complexity index is 630. The smallest absolute Gasteiger partial charge is 0.252 e. The van der Waals surface area contributed by atoms with E-state index in [4.69, 9.17) is 5.73 Å². The van der Waals surface area contributed by atoms with E-state index in [9.17, 15) is 9.59 Å². The van der Waals surface area contributed by atoms with Crippen LogP contribution in [0.2, 0.25) is 0 Å². The van der Waals surface area contributed by atoms with E-state index in [1.807, 2.05) is 29.6 Å². The highest BCUT2D eigenvalue weighted by Crippen LogP contribution is 2.06. The standard InChI is InChI=1S/C17H21N3O2S.ClH/c18-15-5-3-13(4-6-15)7-10-19-16(21)2-1-9-20-17(22)14-8-11-23-12-14;/h3-6,8,11-12H,1-2,7,9-10,18H2,(H,19,21)(H,20,22);1H. The number of nitrogens with two attached hydrogens (primary N) is 1. The van der Waals surface area contributed by atoms with Crippen LogP contribution >= 0.6 is 23.7 Å². The molecule has 0 radical (unpaired) electrons. The van der Waals surface area contributed by atoms with Gasteiger partial charge in [0.2, 0.25) is 5.91 Å². The normalized spacial score (nSPS) is 9.83. The molecule has 0 aliphatic rings. The molecule has 0 saturated heterocycles. The van der Waals surface area contributed by atoms with Crippen molar-refractivity contribution in [2.24, 2.45) is 0 Å². The van der Waals surface area contributed by atoms with Crippen molar-refractivity contribution in [3.05, 3.63) is 52.2 Å². The van der Waals surface area contributed by atoms with Gasteiger partial charge in [0.05, 0.1) is 0 Å². The van der Waals surface area contributed by atoms with Crippen molar-refractivity contribution in [3.8, 4) is 0 Å². The van der Waals surface area contributed by atoms with E-state index in [0.29, 0.717) is 31.5 Å². The molecule has 0 atom stereocenters. The largest absolute Gasteiger partial charge is 0.399 e. The average molecular weight is 368 g/mol. The van der Waals surface area contributed by atoms with Crippen molar-refractivity contribution in [2.45, 2.75) is 19.3 Å². The summed E-state index contributed by atoms with van der Waals surface area (Å²) in [4.78, 5) is 23.4. The van der Waals surface area contributed by atoms with E-state index in [1.165, 1.54) is 11.3 Å². The van der Waals surface area contributed by atoms with Crippen molar-refractivity contribution in [2.75, 3.05) is 18.8 Å². The van der Waals surface area contributed by atoms with Crippen LogP contribution in [-0.4, -0.2) is 24.9 Å². The first kappa shape index (κ1) is 20.0. The van der Waals surface area contributed by atoms with Gasteiger partial charge in [0.1, 0.15) is 0 Å². The Morgan fingerprint density at radius 2 is 1.79 bits per heavy atom. The number of hydrogen-bond acceptors (Lipinski definition) is 4. The monoisotopic (exact) mass is 367 g/mol. The molecule has 0 unspecified atom stereocenters. The highest BCUT2D eigenvalue weighted by molar-refractivity contribution is 7.08. The van der Waals surface area contributed by atoms with Gasteiger partial charge in [0.25, 0.3) is 5.91 Å². The van der Waals surface area contributed by atoms with E-state index < -0.39 is 0 Å². The third kappa shape index (κ3) is 7.02. The van der Waals surface area contributed by atoms with Crippen LogP contribution in [-0.2, 0) is 11.2 Å². The zero-order valence-electron chi connectivity index (χ0n) is 13.3. The first-order valence-electron chi connectivity index (χ1n) is 7.56. The molecule has 1 heterocycles. The number of carbonyl (C=O) groups is 2. The van der Waals surface area contributed by atoms with Crippen LogP contribution in [0.4, 0.5) is 5.69 Å². The highest BCUT2D eigenvalue weighted by atomic mass is 35.5. The summed E-state index contributed by atoms with van der Waals surface area (Å²) >= 11 is 1.49. The number of hydrogen-bond donors (Lipinski definition) is 3. The minimum atomic E-state index is -0.0880. The Labute approximate surface area is 152 Å². The molecule has 0 fully saturated rings. The van der Waals surface area contributed by atoms with Crippen LogP contribution in [0.15, 0.2) is 41.1 Å². The second-order valence-electron chi connectivity index (χ2n) is 5.21. The summed E-state index contributed by atoms with van der Waals surface area (Å²) in [6.45, 7) is 1.10. The Kier molecular flexibility index (Phi) is 8.89. The molecule has 7 heteroatoms. The third-order valence-corrected chi connectivity index (χ3v) is 4.05. The van der Waals surface area contributed by atoms with E-state index in [0.717, 1.165) is 17.7 Å². The molecule has 4 N–H and O–H groups in total. The maximum atomic E-state index is 11.7. The Hall–Kier alpha value is -2.05. The topological polar surface area (TPSA) is 84.2 Å². The van der Waals surface area contributed by atoms with Crippen LogP contribution < -0.4 is 16.4 Å². The highest BCUT2D eigenvalue weighted by Gasteiger charge is 2.05. The minimum absolute atomic E-state index is 0. The third-order valence-electron chi connectivity index (χ3n) is 3.37. The van der Waals surface area contributed by atoms with Gasteiger partial charge in [-0.3, -0.25) is 9.59 Å². The van der Waals surface area contributed by atoms with Gasteiger partial charge in [-0.05, 0) is 42.0 Å². The van der Waals surface area contributed by atoms with E-state index in [2.05, 4.69) is 10.6 Å². The van der Waals surface area contributed by atoms with Gasteiger partial charge in [-0.1, -0.05) is 12.1 Å². The molecular formula is C17H22ClN3O2S. The zero-order valence-corrected chi connectivity index (χ0v) is 14.9. The molecule has 0 spiro atoms. The summed E-state index contributed by atoms with van der Waals surface area (Å²) in [5.74, 6) is -0.0831. The van der Waals surface area contributed by atoms with E-state index in [-0.39, 0.29) is 24.2 Å². The second kappa shape index (κ2) is 10.7. The number of anilines is 1. The van der Waals surface area contributed by atoms with Crippen LogP contribution in [0.25, 0.3) is 0 Å². The van der Waals surface area contributed by atoms with Crippen molar-refractivity contribution in [1.29, 1.82) is 0 Å². The lowest BCUT2D eigenvalue weighted by Gasteiger charge is -2.06. The first-order chi connectivity index (χ1) is 11.1. The number of nitrogens with one attached hydrogen (secondary N) is 2. The molecule has 0 bridgehead atoms. The van der Waals surface area contributed by atoms with E-state index >= 15 is 0 Å². The predicted octanol–water partition coefficient (Wildman–Crippen LogP) is 2.62. The number of carbonyl (C=O) groups excluding carboxylic acids is 2. The van der Waals surface area contributed by atoms with Crippen molar-refractivity contribution >= 4 is 41.2 Å². The van der Waals surface area contributed by atoms with Gasteiger partial charge in [0, 0.05) is 36.1 Å². The number of thiophene rings is 1. The molecule has 1 aromatic heterocycles. The number of benzene rings is 1. The molecule has 5 nitrogen and oxygen atoms in total. The van der Waals surface area contributed by atoms with E-state index in [1.54, 1.807) is 11.4 Å². The first-order valence-corrected chi connectivity index (χ1v) is 8.51. The molecule has 0 aliphatic carbocycles. The molecule has 2 amide bonds. The Morgan fingerprint density at radius 1 is 1.04 bits per heavy atom. The van der Waals surface area contributed by atoms with Gasteiger partial charge in [-0.15, -0.1) is 12.4 Å². The van der Waals surface area contributed by atoms with Gasteiger partial charge in [-0.2, -0.15) is 11.3 Å². The lowest BCUT2D eigenvalue weighted by atomic mass is 10.1. The zero-order chi connectivity index (χ0) is 16.5. The molecule has 1 aromatic carbocycles. The van der Waals surface area contributed by atoms with Crippen LogP contribution in [0, 0.1) is 0 Å². The molecule has 0 saturated carbocycles. The fourth-order valence-corrected chi connectivity index (χ4v) is 2.70. The molecule has 2 aromatic rings. The lowest BCUT2D eigenvalue weighted by Crippen LogP contribution is -2.28. The van der Waals surface area contributed by atoms with Gasteiger partial charge >= 0.3 is 0 Å². The fourth-order valence-electron chi connectivity index (χ4n) is 2.07. The minimum Gasteiger partial charge on any atom is -0.399 e. The Morgan fingerprint density at radius 3 is 2.46 bits per heavy atom. The molecule has 0 aliphatic heterocycles. The van der Waals surface area contributed by atoms with Gasteiger partial charge in [-0.25, -0.2) is 0 Å². The van der Waals surface area contributed by atoms with Gasteiger partial charge < -0.3 is 16.4 Å². The maximum Gasteiger partial charge on any atom is 0.252 e. The number of amides is 2.